The summed E-state index contributed by atoms with van der Waals surface area (Å²) in [6, 6.07) is 15.3. The Hall–Kier alpha value is -2.64. The summed E-state index contributed by atoms with van der Waals surface area (Å²) >= 11 is 5.69. The van der Waals surface area contributed by atoms with Crippen LogP contribution in [0, 0.1) is 0 Å². The van der Waals surface area contributed by atoms with Gasteiger partial charge in [0.05, 0.1) is 25.5 Å². The van der Waals surface area contributed by atoms with Crippen LogP contribution in [-0.2, 0) is 9.53 Å². The molecule has 0 bridgehead atoms. The first kappa shape index (κ1) is 19.7. The lowest BCUT2D eigenvalue weighted by Gasteiger charge is -2.29. The van der Waals surface area contributed by atoms with Crippen molar-refractivity contribution < 1.29 is 14.3 Å². The van der Waals surface area contributed by atoms with E-state index >= 15 is 0 Å². The van der Waals surface area contributed by atoms with Gasteiger partial charge in [-0.05, 0) is 74.6 Å². The molecule has 1 unspecified atom stereocenters. The number of nitrogens with zero attached hydrogens (tertiary/aromatic N) is 3. The van der Waals surface area contributed by atoms with Crippen molar-refractivity contribution in [2.24, 2.45) is 0 Å². The second kappa shape index (κ2) is 8.39. The molecule has 2 aromatic rings. The lowest BCUT2D eigenvalue weighted by Crippen LogP contribution is -2.36. The van der Waals surface area contributed by atoms with Crippen LogP contribution in [0.3, 0.4) is 0 Å². The third kappa shape index (κ3) is 3.80. The van der Waals surface area contributed by atoms with Crippen LogP contribution in [0.2, 0.25) is 0 Å². The molecule has 4 rings (SSSR count). The van der Waals surface area contributed by atoms with Crippen molar-refractivity contribution in [3.8, 4) is 5.75 Å². The number of benzene rings is 2. The molecule has 1 amide bonds. The Balaban J connectivity index is 1.55. The van der Waals surface area contributed by atoms with Gasteiger partial charge in [0.1, 0.15) is 11.8 Å². The number of rotatable bonds is 5. The molecule has 2 aliphatic heterocycles. The maximum atomic E-state index is 13.0. The number of amides is 1. The van der Waals surface area contributed by atoms with Gasteiger partial charge in [-0.25, -0.2) is 0 Å². The molecule has 29 heavy (non-hydrogen) atoms. The normalized spacial score (nSPS) is 19.8. The number of thiocarbonyl (C=S) groups is 1. The summed E-state index contributed by atoms with van der Waals surface area (Å²) in [4.78, 5) is 18.8. The fourth-order valence-electron chi connectivity index (χ4n) is 3.74. The van der Waals surface area contributed by atoms with E-state index < -0.39 is 0 Å². The third-order valence-corrected chi connectivity index (χ3v) is 5.65. The van der Waals surface area contributed by atoms with E-state index in [2.05, 4.69) is 17.0 Å². The number of anilines is 3. The first-order valence-corrected chi connectivity index (χ1v) is 10.3. The molecule has 0 N–H and O–H groups in total. The van der Waals surface area contributed by atoms with E-state index in [1.165, 1.54) is 0 Å². The van der Waals surface area contributed by atoms with Crippen molar-refractivity contribution in [3.63, 3.8) is 0 Å². The Morgan fingerprint density at radius 2 is 1.59 bits per heavy atom. The number of hydrogen-bond acceptors (Lipinski definition) is 5. The van der Waals surface area contributed by atoms with Crippen LogP contribution < -0.4 is 19.4 Å². The number of carbonyl (C=O) groups excluding carboxylic acids is 1. The van der Waals surface area contributed by atoms with Crippen molar-refractivity contribution >= 4 is 40.3 Å². The molecule has 0 aromatic heterocycles. The number of hydrogen-bond donors (Lipinski definition) is 0. The summed E-state index contributed by atoms with van der Waals surface area (Å²) in [5.41, 5.74) is 2.83. The van der Waals surface area contributed by atoms with E-state index in [4.69, 9.17) is 21.7 Å². The highest BCUT2D eigenvalue weighted by Crippen LogP contribution is 2.32. The zero-order valence-corrected chi connectivity index (χ0v) is 17.5. The molecule has 0 radical (unpaired) electrons. The molecule has 152 valence electrons. The number of carbonyl (C=O) groups is 1. The zero-order chi connectivity index (χ0) is 20.4. The van der Waals surface area contributed by atoms with Crippen LogP contribution in [0.5, 0.6) is 5.75 Å². The van der Waals surface area contributed by atoms with E-state index in [1.807, 2.05) is 55.1 Å². The SMILES string of the molecule is CCOc1ccc(N2C(=O)C(C)N(c3ccc(N4CCOCC4)cc3)C2=S)cc1. The van der Waals surface area contributed by atoms with Crippen molar-refractivity contribution in [2.45, 2.75) is 19.9 Å². The lowest BCUT2D eigenvalue weighted by molar-refractivity contribution is -0.117. The Kier molecular flexibility index (Phi) is 5.69. The van der Waals surface area contributed by atoms with E-state index in [9.17, 15) is 4.79 Å². The Bertz CT molecular complexity index is 879. The van der Waals surface area contributed by atoms with Gasteiger partial charge in [-0.3, -0.25) is 9.69 Å². The van der Waals surface area contributed by atoms with Gasteiger partial charge in [0.25, 0.3) is 5.91 Å². The molecule has 0 spiro atoms. The molecule has 2 aromatic carbocycles. The highest BCUT2D eigenvalue weighted by Gasteiger charge is 2.41. The fourth-order valence-corrected chi connectivity index (χ4v) is 4.20. The van der Waals surface area contributed by atoms with Gasteiger partial charge >= 0.3 is 0 Å². The molecule has 2 aliphatic rings. The Morgan fingerprint density at radius 3 is 2.21 bits per heavy atom. The molecule has 2 heterocycles. The highest BCUT2D eigenvalue weighted by atomic mass is 32.1. The van der Waals surface area contributed by atoms with Crippen molar-refractivity contribution in [3.05, 3.63) is 48.5 Å². The number of ether oxygens (including phenoxy) is 2. The van der Waals surface area contributed by atoms with Gasteiger partial charge < -0.3 is 19.3 Å². The van der Waals surface area contributed by atoms with Crippen molar-refractivity contribution in [1.82, 2.24) is 0 Å². The molecule has 2 saturated heterocycles. The van der Waals surface area contributed by atoms with Gasteiger partial charge in [-0.2, -0.15) is 0 Å². The minimum atomic E-state index is -0.358. The van der Waals surface area contributed by atoms with Gasteiger partial charge in [0, 0.05) is 24.5 Å². The highest BCUT2D eigenvalue weighted by molar-refractivity contribution is 7.81. The summed E-state index contributed by atoms with van der Waals surface area (Å²) in [6.45, 7) is 7.71. The summed E-state index contributed by atoms with van der Waals surface area (Å²) in [7, 11) is 0. The monoisotopic (exact) mass is 411 g/mol. The summed E-state index contributed by atoms with van der Waals surface area (Å²) < 4.78 is 10.9. The van der Waals surface area contributed by atoms with E-state index in [-0.39, 0.29) is 11.9 Å². The lowest BCUT2D eigenvalue weighted by atomic mass is 10.2. The smallest absolute Gasteiger partial charge is 0.256 e. The maximum Gasteiger partial charge on any atom is 0.256 e. The van der Waals surface area contributed by atoms with Crippen LogP contribution in [0.25, 0.3) is 0 Å². The van der Waals surface area contributed by atoms with Gasteiger partial charge in [0.15, 0.2) is 5.11 Å². The van der Waals surface area contributed by atoms with Crippen LogP contribution in [-0.4, -0.2) is 50.0 Å². The van der Waals surface area contributed by atoms with E-state index in [1.54, 1.807) is 4.90 Å². The molecular weight excluding hydrogens is 386 g/mol. The molecular formula is C22H25N3O3S. The molecule has 0 aliphatic carbocycles. The van der Waals surface area contributed by atoms with Crippen LogP contribution in [0.1, 0.15) is 13.8 Å². The quantitative estimate of drug-likeness (QED) is 0.703. The van der Waals surface area contributed by atoms with Crippen LogP contribution >= 0.6 is 12.2 Å². The molecule has 1 atom stereocenters. The molecule has 6 nitrogen and oxygen atoms in total. The second-order valence-electron chi connectivity index (χ2n) is 7.04. The van der Waals surface area contributed by atoms with E-state index in [0.717, 1.165) is 49.1 Å². The third-order valence-electron chi connectivity index (χ3n) is 5.27. The van der Waals surface area contributed by atoms with Gasteiger partial charge in [-0.15, -0.1) is 0 Å². The topological polar surface area (TPSA) is 45.2 Å². The Labute approximate surface area is 176 Å². The van der Waals surface area contributed by atoms with Crippen LogP contribution in [0.4, 0.5) is 17.1 Å². The summed E-state index contributed by atoms with van der Waals surface area (Å²) in [5.74, 6) is 0.744. The van der Waals surface area contributed by atoms with Gasteiger partial charge in [-0.1, -0.05) is 0 Å². The zero-order valence-electron chi connectivity index (χ0n) is 16.7. The first-order chi connectivity index (χ1) is 14.1. The predicted octanol–water partition coefficient (Wildman–Crippen LogP) is 3.45. The van der Waals surface area contributed by atoms with E-state index in [0.29, 0.717) is 11.7 Å². The average Bonchev–Trinajstić information content (AvgIpc) is 2.98. The van der Waals surface area contributed by atoms with Crippen LogP contribution in [0.15, 0.2) is 48.5 Å². The summed E-state index contributed by atoms with van der Waals surface area (Å²) in [5, 5.41) is 0.491. The predicted molar refractivity (Wildman–Crippen MR) is 119 cm³/mol. The first-order valence-electron chi connectivity index (χ1n) is 9.93. The largest absolute Gasteiger partial charge is 0.494 e. The minimum absolute atomic E-state index is 0.0311. The van der Waals surface area contributed by atoms with Crippen molar-refractivity contribution in [2.75, 3.05) is 47.6 Å². The fraction of sp³-hybridized carbons (Fsp3) is 0.364. The minimum Gasteiger partial charge on any atom is -0.494 e. The molecule has 0 saturated carbocycles. The summed E-state index contributed by atoms with van der Waals surface area (Å²) in [6.07, 6.45) is 0. The number of morpholine rings is 1. The standard InChI is InChI=1S/C22H25N3O3S/c1-3-28-20-10-8-19(9-11-20)25-21(26)16(2)24(22(25)29)18-6-4-17(5-7-18)23-12-14-27-15-13-23/h4-11,16H,3,12-15H2,1-2H3. The Morgan fingerprint density at radius 1 is 1.00 bits per heavy atom. The average molecular weight is 412 g/mol. The molecule has 7 heteroatoms. The second-order valence-corrected chi connectivity index (χ2v) is 7.41. The van der Waals surface area contributed by atoms with Gasteiger partial charge in [0.2, 0.25) is 0 Å². The van der Waals surface area contributed by atoms with Crippen molar-refractivity contribution in [1.29, 1.82) is 0 Å². The maximum absolute atomic E-state index is 13.0. The molecule has 2 fully saturated rings.